The monoisotopic (exact) mass is 528 g/mol. The van der Waals surface area contributed by atoms with Gasteiger partial charge in [0.05, 0.1) is 27.8 Å². The molecule has 0 bridgehead atoms. The van der Waals surface area contributed by atoms with Gasteiger partial charge in [-0.15, -0.1) is 0 Å². The second-order valence-electron chi connectivity index (χ2n) is 10.1. The quantitative estimate of drug-likeness (QED) is 0.219. The van der Waals surface area contributed by atoms with Crippen LogP contribution in [-0.2, 0) is 0 Å². The zero-order valence-electron chi connectivity index (χ0n) is 21.6. The minimum atomic E-state index is 0.719. The molecule has 6 heterocycles. The maximum absolute atomic E-state index is 6.47. The molecule has 0 radical (unpaired) electrons. The number of hydrogen-bond donors (Lipinski definition) is 0. The Balaban J connectivity index is 1.23. The van der Waals surface area contributed by atoms with Crippen LogP contribution in [0.5, 0.6) is 11.5 Å². The average Bonchev–Trinajstić information content (AvgIpc) is 3.71. The minimum Gasteiger partial charge on any atom is -0.457 e. The van der Waals surface area contributed by atoms with Gasteiger partial charge in [-0.05, 0) is 60.7 Å². The second-order valence-corrected chi connectivity index (χ2v) is 10.1. The molecule has 41 heavy (non-hydrogen) atoms. The summed E-state index contributed by atoms with van der Waals surface area (Å²) in [6.45, 7) is 0. The molecule has 192 valence electrons. The summed E-state index contributed by atoms with van der Waals surface area (Å²) in [5.74, 6) is 1.44. The first-order chi connectivity index (χ1) is 20.3. The minimum absolute atomic E-state index is 0.719. The second kappa shape index (κ2) is 8.34. The summed E-state index contributed by atoms with van der Waals surface area (Å²) in [5.41, 5.74) is 7.60. The number of nitrogens with zero attached hydrogens (tertiary/aromatic N) is 6. The third-order valence-corrected chi connectivity index (χ3v) is 7.72. The van der Waals surface area contributed by atoms with Crippen LogP contribution in [0.1, 0.15) is 0 Å². The van der Waals surface area contributed by atoms with E-state index in [1.807, 2.05) is 73.3 Å². The molecule has 7 nitrogen and oxygen atoms in total. The molecule has 0 atom stereocenters. The van der Waals surface area contributed by atoms with Crippen LogP contribution in [0.15, 0.2) is 122 Å². The molecule has 0 fully saturated rings. The van der Waals surface area contributed by atoms with Crippen molar-refractivity contribution in [1.82, 2.24) is 28.7 Å². The van der Waals surface area contributed by atoms with Gasteiger partial charge in [0, 0.05) is 58.1 Å². The van der Waals surface area contributed by atoms with Crippen molar-refractivity contribution in [2.75, 3.05) is 0 Å². The topological polar surface area (TPSA) is 69.6 Å². The number of pyridine rings is 4. The van der Waals surface area contributed by atoms with Crippen LogP contribution in [0.3, 0.4) is 0 Å². The maximum Gasteiger partial charge on any atom is 0.146 e. The van der Waals surface area contributed by atoms with Gasteiger partial charge in [-0.3, -0.25) is 18.8 Å². The van der Waals surface area contributed by atoms with Crippen LogP contribution in [-0.4, -0.2) is 28.7 Å². The largest absolute Gasteiger partial charge is 0.457 e. The number of hydrogen-bond acceptors (Lipinski definition) is 5. The number of imidazole rings is 2. The highest BCUT2D eigenvalue weighted by atomic mass is 16.5. The molecule has 0 aliphatic heterocycles. The van der Waals surface area contributed by atoms with Crippen LogP contribution < -0.4 is 4.74 Å². The standard InChI is InChI=1S/C34H20N6O/c1-2-6-21(7-3-1)28-20-40-30-9-5-15-36-32(30)25-13-11-23(19-27(25)34(40)38-28)41-22-10-12-24-26(18-22)33-37-16-17-39(33)29-8-4-14-35-31(24)29/h1-20H. The van der Waals surface area contributed by atoms with Gasteiger partial charge in [-0.25, -0.2) is 9.97 Å². The van der Waals surface area contributed by atoms with Crippen molar-refractivity contribution in [3.05, 3.63) is 122 Å². The van der Waals surface area contributed by atoms with Gasteiger partial charge in [0.25, 0.3) is 0 Å². The van der Waals surface area contributed by atoms with Crippen molar-refractivity contribution in [2.45, 2.75) is 0 Å². The van der Waals surface area contributed by atoms with Crippen molar-refractivity contribution in [3.8, 4) is 22.8 Å². The highest BCUT2D eigenvalue weighted by molar-refractivity contribution is 6.11. The number of fused-ring (bicyclic) bond motifs is 12. The molecule has 0 unspecified atom stereocenters. The number of benzene rings is 3. The van der Waals surface area contributed by atoms with Crippen LogP contribution in [0.4, 0.5) is 0 Å². The smallest absolute Gasteiger partial charge is 0.146 e. The van der Waals surface area contributed by atoms with Gasteiger partial charge in [-0.2, -0.15) is 0 Å². The Labute approximate surface area is 233 Å². The van der Waals surface area contributed by atoms with E-state index in [0.717, 1.165) is 77.7 Å². The molecule has 0 aliphatic rings. The average molecular weight is 529 g/mol. The fraction of sp³-hybridized carbons (Fsp3) is 0. The lowest BCUT2D eigenvalue weighted by Crippen LogP contribution is -1.94. The summed E-state index contributed by atoms with van der Waals surface area (Å²) >= 11 is 0. The summed E-state index contributed by atoms with van der Waals surface area (Å²) in [4.78, 5) is 19.1. The molecule has 0 saturated heterocycles. The van der Waals surface area contributed by atoms with Crippen LogP contribution >= 0.6 is 0 Å². The lowest BCUT2D eigenvalue weighted by atomic mass is 10.1. The van der Waals surface area contributed by atoms with E-state index < -0.39 is 0 Å². The Bertz CT molecular complexity index is 2460. The van der Waals surface area contributed by atoms with Crippen molar-refractivity contribution in [1.29, 1.82) is 0 Å². The third kappa shape index (κ3) is 3.26. The van der Waals surface area contributed by atoms with Crippen molar-refractivity contribution < 1.29 is 4.74 Å². The Morgan fingerprint density at radius 1 is 0.537 bits per heavy atom. The lowest BCUT2D eigenvalue weighted by Gasteiger charge is -2.12. The lowest BCUT2D eigenvalue weighted by molar-refractivity contribution is 0.484. The van der Waals surface area contributed by atoms with E-state index in [2.05, 4.69) is 67.4 Å². The number of aromatic nitrogens is 6. The predicted octanol–water partition coefficient (Wildman–Crippen LogP) is 7.84. The Kier molecular flexibility index (Phi) is 4.48. The first-order valence-electron chi connectivity index (χ1n) is 13.4. The predicted molar refractivity (Wildman–Crippen MR) is 162 cm³/mol. The Morgan fingerprint density at radius 2 is 1.20 bits per heavy atom. The van der Waals surface area contributed by atoms with Gasteiger partial charge in [-0.1, -0.05) is 30.3 Å². The fourth-order valence-corrected chi connectivity index (χ4v) is 5.89. The van der Waals surface area contributed by atoms with Crippen molar-refractivity contribution in [2.24, 2.45) is 0 Å². The molecule has 6 aromatic heterocycles. The normalized spacial score (nSPS) is 11.9. The van der Waals surface area contributed by atoms with Gasteiger partial charge < -0.3 is 4.74 Å². The zero-order chi connectivity index (χ0) is 26.9. The first-order valence-corrected chi connectivity index (χ1v) is 13.4. The maximum atomic E-state index is 6.47. The zero-order valence-corrected chi connectivity index (χ0v) is 21.6. The van der Waals surface area contributed by atoms with Crippen molar-refractivity contribution >= 4 is 54.9 Å². The molecule has 0 amide bonds. The highest BCUT2D eigenvalue weighted by Crippen LogP contribution is 2.36. The molecule has 0 aliphatic carbocycles. The number of ether oxygens (including phenoxy) is 1. The summed E-state index contributed by atoms with van der Waals surface area (Å²) < 4.78 is 10.7. The van der Waals surface area contributed by atoms with Gasteiger partial charge >= 0.3 is 0 Å². The molecule has 0 spiro atoms. The SMILES string of the molecule is c1ccc(-c2cn3c4cccnc4c4ccc(Oc5ccc6c(c5)c5nccn5c5cccnc65)cc4c3n2)cc1. The summed E-state index contributed by atoms with van der Waals surface area (Å²) in [6, 6.07) is 30.5. The molecule has 7 heteroatoms. The summed E-state index contributed by atoms with van der Waals surface area (Å²) in [6.07, 6.45) is 9.52. The van der Waals surface area contributed by atoms with E-state index in [4.69, 9.17) is 14.7 Å². The van der Waals surface area contributed by atoms with E-state index in [9.17, 15) is 0 Å². The summed E-state index contributed by atoms with van der Waals surface area (Å²) in [7, 11) is 0. The molecule has 0 N–H and O–H groups in total. The molecule has 0 saturated carbocycles. The third-order valence-electron chi connectivity index (χ3n) is 7.72. The molecular formula is C34H20N6O. The van der Waals surface area contributed by atoms with Crippen molar-refractivity contribution in [3.63, 3.8) is 0 Å². The van der Waals surface area contributed by atoms with E-state index in [0.29, 0.717) is 0 Å². The van der Waals surface area contributed by atoms with Crippen LogP contribution in [0, 0.1) is 0 Å². The molecule has 9 aromatic rings. The van der Waals surface area contributed by atoms with Gasteiger partial charge in [0.1, 0.15) is 22.8 Å². The fourth-order valence-electron chi connectivity index (χ4n) is 5.89. The summed E-state index contributed by atoms with van der Waals surface area (Å²) in [5, 5.41) is 4.02. The first kappa shape index (κ1) is 22.0. The van der Waals surface area contributed by atoms with E-state index in [1.54, 1.807) is 0 Å². The van der Waals surface area contributed by atoms with Crippen LogP contribution in [0.2, 0.25) is 0 Å². The van der Waals surface area contributed by atoms with E-state index >= 15 is 0 Å². The Morgan fingerprint density at radius 3 is 1.90 bits per heavy atom. The van der Waals surface area contributed by atoms with Crippen LogP contribution in [0.25, 0.3) is 66.2 Å². The Hall–Kier alpha value is -5.82. The molecular weight excluding hydrogens is 508 g/mol. The van der Waals surface area contributed by atoms with Gasteiger partial charge in [0.2, 0.25) is 0 Å². The highest BCUT2D eigenvalue weighted by Gasteiger charge is 2.15. The molecule has 9 rings (SSSR count). The van der Waals surface area contributed by atoms with E-state index in [-0.39, 0.29) is 0 Å². The van der Waals surface area contributed by atoms with Gasteiger partial charge in [0.15, 0.2) is 0 Å². The molecule has 3 aromatic carbocycles. The number of rotatable bonds is 3. The van der Waals surface area contributed by atoms with E-state index in [1.165, 1.54) is 0 Å².